The van der Waals surface area contributed by atoms with Gasteiger partial charge in [0, 0.05) is 12.8 Å². The average molecular weight is 821 g/mol. The highest BCUT2D eigenvalue weighted by molar-refractivity contribution is 5.96. The average Bonchev–Trinajstić information content (AvgIpc) is 3.15. The van der Waals surface area contributed by atoms with Crippen LogP contribution in [0.2, 0.25) is 0 Å². The van der Waals surface area contributed by atoms with E-state index in [2.05, 4.69) is 38.8 Å². The van der Waals surface area contributed by atoms with Crippen LogP contribution in [0.5, 0.6) is 5.75 Å². The van der Waals surface area contributed by atoms with Crippen molar-refractivity contribution < 1.29 is 54.0 Å². The van der Waals surface area contributed by atoms with Gasteiger partial charge in [-0.1, -0.05) is 77.8 Å². The van der Waals surface area contributed by atoms with Crippen LogP contribution in [-0.4, -0.2) is 110 Å². The second-order valence-electron chi connectivity index (χ2n) is 15.4. The number of nitrogens with one attached hydrogen (secondary N) is 6. The topological polar surface area (TPSA) is 273 Å². The number of hydrogen-bond acceptors (Lipinski definition) is 10. The van der Waals surface area contributed by atoms with Crippen molar-refractivity contribution in [2.45, 2.75) is 174 Å². The molecule has 0 radical (unpaired) electrons. The number of aliphatic carboxylic acids is 1. The Hall–Kier alpha value is -4.77. The fourth-order valence-electron chi connectivity index (χ4n) is 5.95. The molecule has 58 heavy (non-hydrogen) atoms. The number of amides is 6. The number of benzene rings is 1. The molecule has 0 unspecified atom stereocenters. The number of carboxylic acids is 1. The van der Waals surface area contributed by atoms with Gasteiger partial charge in [-0.25, -0.2) is 4.79 Å². The number of aliphatic hydroxyl groups excluding tert-OH is 2. The number of phenolic OH excluding ortho intramolecular Hbond substituents is 1. The van der Waals surface area contributed by atoms with Gasteiger partial charge < -0.3 is 52.3 Å². The number of phenols is 1. The quantitative estimate of drug-likeness (QED) is 0.0544. The minimum atomic E-state index is -1.37. The van der Waals surface area contributed by atoms with Gasteiger partial charge >= 0.3 is 5.97 Å². The van der Waals surface area contributed by atoms with E-state index in [0.717, 1.165) is 19.3 Å². The maximum absolute atomic E-state index is 13.2. The molecular weight excluding hydrogens is 752 g/mol. The van der Waals surface area contributed by atoms with Gasteiger partial charge in [-0.3, -0.25) is 28.8 Å². The zero-order chi connectivity index (χ0) is 43.9. The molecule has 328 valence electrons. The summed E-state index contributed by atoms with van der Waals surface area (Å²) in [6.45, 7) is 10.7. The Morgan fingerprint density at radius 1 is 0.569 bits per heavy atom. The Balaban J connectivity index is 2.69. The van der Waals surface area contributed by atoms with Gasteiger partial charge in [0.1, 0.15) is 42.0 Å². The lowest BCUT2D eigenvalue weighted by molar-refractivity contribution is -0.143. The van der Waals surface area contributed by atoms with Crippen molar-refractivity contribution in [3.63, 3.8) is 0 Å². The number of aliphatic hydroxyl groups is 2. The summed E-state index contributed by atoms with van der Waals surface area (Å²) in [5.74, 6) is -6.20. The summed E-state index contributed by atoms with van der Waals surface area (Å²) in [5.41, 5.74) is 0.548. The predicted octanol–water partition coefficient (Wildman–Crippen LogP) is 1.70. The molecular formula is C41H68N6O11. The molecule has 0 bridgehead atoms. The van der Waals surface area contributed by atoms with Crippen LogP contribution in [0.15, 0.2) is 24.3 Å². The summed E-state index contributed by atoms with van der Waals surface area (Å²) >= 11 is 0. The standard InChI is InChI=1S/C41H68N6O11/c1-8-9-10-11-12-13-14-16-30(49)17-15-18-33(51)46-35(28(7)48)40(56)44-26(5)37(53)42-25(4)36(52)43-27(6)38(54)45-32(23-29-19-21-31(50)22-20-29)39(55)47-34(24(2)3)41(57)58/h19-22,24-28,30,32,34-35,48-50H,8-18,23H2,1-7H3,(H,42,53)(H,43,52)(H,44,56)(H,45,54)(H,46,51)(H,47,55)(H,57,58)/t25-,26+,27-,28-,30-,32+,34-,35-/m0/s1. The van der Waals surface area contributed by atoms with Crippen LogP contribution in [0.25, 0.3) is 0 Å². The van der Waals surface area contributed by atoms with Crippen LogP contribution in [0, 0.1) is 5.92 Å². The summed E-state index contributed by atoms with van der Waals surface area (Å²) in [4.78, 5) is 89.6. The Kier molecular flexibility index (Phi) is 23.9. The zero-order valence-electron chi connectivity index (χ0n) is 35.1. The Morgan fingerprint density at radius 2 is 1.05 bits per heavy atom. The molecule has 0 aliphatic heterocycles. The maximum atomic E-state index is 13.2. The second kappa shape index (κ2) is 27.0. The van der Waals surface area contributed by atoms with Gasteiger partial charge in [-0.05, 0) is 70.6 Å². The van der Waals surface area contributed by atoms with E-state index in [1.165, 1.54) is 77.6 Å². The van der Waals surface area contributed by atoms with E-state index in [4.69, 9.17) is 0 Å². The molecule has 8 atom stereocenters. The predicted molar refractivity (Wildman–Crippen MR) is 217 cm³/mol. The minimum absolute atomic E-state index is 0.0191. The third-order valence-electron chi connectivity index (χ3n) is 9.66. The van der Waals surface area contributed by atoms with Gasteiger partial charge in [0.05, 0.1) is 12.2 Å². The molecule has 1 aromatic carbocycles. The zero-order valence-corrected chi connectivity index (χ0v) is 35.1. The Labute approximate surface area is 342 Å². The van der Waals surface area contributed by atoms with Gasteiger partial charge in [-0.15, -0.1) is 0 Å². The Bertz CT molecular complexity index is 1470. The van der Waals surface area contributed by atoms with Gasteiger partial charge in [0.25, 0.3) is 0 Å². The van der Waals surface area contributed by atoms with E-state index < -0.39 is 95.8 Å². The van der Waals surface area contributed by atoms with E-state index in [1.807, 2.05) is 0 Å². The van der Waals surface area contributed by atoms with Gasteiger partial charge in [-0.2, -0.15) is 0 Å². The maximum Gasteiger partial charge on any atom is 0.326 e. The van der Waals surface area contributed by atoms with Crippen molar-refractivity contribution in [2.75, 3.05) is 0 Å². The molecule has 0 saturated carbocycles. The number of carboxylic acid groups (broad SMARTS) is 1. The van der Waals surface area contributed by atoms with Crippen molar-refractivity contribution in [1.82, 2.24) is 31.9 Å². The first-order valence-corrected chi connectivity index (χ1v) is 20.4. The normalized spacial score (nSPS) is 15.3. The molecule has 0 spiro atoms. The lowest BCUT2D eigenvalue weighted by Gasteiger charge is -2.25. The second-order valence-corrected chi connectivity index (χ2v) is 15.4. The summed E-state index contributed by atoms with van der Waals surface area (Å²) < 4.78 is 0. The van der Waals surface area contributed by atoms with Crippen LogP contribution >= 0.6 is 0 Å². The van der Waals surface area contributed by atoms with E-state index in [9.17, 15) is 54.0 Å². The van der Waals surface area contributed by atoms with Crippen LogP contribution in [0.4, 0.5) is 0 Å². The first-order valence-electron chi connectivity index (χ1n) is 20.4. The summed E-state index contributed by atoms with van der Waals surface area (Å²) in [6.07, 6.45) is 7.55. The van der Waals surface area contributed by atoms with Crippen molar-refractivity contribution in [3.05, 3.63) is 29.8 Å². The third-order valence-corrected chi connectivity index (χ3v) is 9.66. The number of rotatable bonds is 28. The highest BCUT2D eigenvalue weighted by Gasteiger charge is 2.32. The van der Waals surface area contributed by atoms with E-state index in [1.54, 1.807) is 13.8 Å². The molecule has 0 aromatic heterocycles. The highest BCUT2D eigenvalue weighted by Crippen LogP contribution is 2.14. The number of hydrogen-bond donors (Lipinski definition) is 10. The van der Waals surface area contributed by atoms with E-state index in [0.29, 0.717) is 24.8 Å². The first-order chi connectivity index (χ1) is 27.3. The monoisotopic (exact) mass is 820 g/mol. The third kappa shape index (κ3) is 20.1. The van der Waals surface area contributed by atoms with Crippen molar-refractivity contribution in [1.29, 1.82) is 0 Å². The SMILES string of the molecule is CCCCCCCCC[C@H](O)CCCC(=O)N[C@H](C(=O)N[C@H](C)C(=O)N[C@@H](C)C(=O)N[C@@H](C)C(=O)N[C@H](Cc1ccc(O)cc1)C(=O)N[C@H](C(=O)O)C(C)C)[C@H](C)O. The minimum Gasteiger partial charge on any atom is -0.508 e. The largest absolute Gasteiger partial charge is 0.508 e. The van der Waals surface area contributed by atoms with Gasteiger partial charge in [0.15, 0.2) is 0 Å². The fraction of sp³-hybridized carbons (Fsp3) is 0.683. The van der Waals surface area contributed by atoms with Crippen LogP contribution < -0.4 is 31.9 Å². The van der Waals surface area contributed by atoms with Crippen LogP contribution in [0.3, 0.4) is 0 Å². The van der Waals surface area contributed by atoms with Crippen molar-refractivity contribution in [3.8, 4) is 5.75 Å². The summed E-state index contributed by atoms with van der Waals surface area (Å²) in [7, 11) is 0. The molecule has 0 saturated heterocycles. The first kappa shape index (κ1) is 51.2. The lowest BCUT2D eigenvalue weighted by atomic mass is 10.0. The smallest absolute Gasteiger partial charge is 0.326 e. The molecule has 1 rings (SSSR count). The van der Waals surface area contributed by atoms with E-state index in [-0.39, 0.29) is 18.6 Å². The van der Waals surface area contributed by atoms with Gasteiger partial charge in [0.2, 0.25) is 35.4 Å². The molecule has 17 heteroatoms. The molecule has 1 aromatic rings. The molecule has 0 heterocycles. The van der Waals surface area contributed by atoms with E-state index >= 15 is 0 Å². The number of carbonyl (C=O) groups excluding carboxylic acids is 6. The number of unbranched alkanes of at least 4 members (excludes halogenated alkanes) is 6. The highest BCUT2D eigenvalue weighted by atomic mass is 16.4. The Morgan fingerprint density at radius 3 is 1.55 bits per heavy atom. The van der Waals surface area contributed by atoms with Crippen molar-refractivity contribution >= 4 is 41.4 Å². The van der Waals surface area contributed by atoms with Crippen molar-refractivity contribution in [2.24, 2.45) is 5.92 Å². The fourth-order valence-corrected chi connectivity index (χ4v) is 5.95. The molecule has 17 nitrogen and oxygen atoms in total. The summed E-state index contributed by atoms with van der Waals surface area (Å²) in [6, 6.07) is -1.65. The summed E-state index contributed by atoms with van der Waals surface area (Å²) in [5, 5.41) is 54.4. The lowest BCUT2D eigenvalue weighted by Crippen LogP contribution is -2.59. The molecule has 6 amide bonds. The van der Waals surface area contributed by atoms with Crippen LogP contribution in [0.1, 0.15) is 125 Å². The molecule has 10 N–H and O–H groups in total. The molecule has 0 fully saturated rings. The number of aromatic hydroxyl groups is 1. The molecule has 0 aliphatic carbocycles. The number of carbonyl (C=O) groups is 7. The molecule has 0 aliphatic rings. The van der Waals surface area contributed by atoms with Crippen LogP contribution in [-0.2, 0) is 40.0 Å².